The third-order valence-electron chi connectivity index (χ3n) is 4.61. The number of aryl methyl sites for hydroxylation is 1. The number of sulfonamides is 1. The second-order valence-electron chi connectivity index (χ2n) is 6.53. The van der Waals surface area contributed by atoms with Crippen molar-refractivity contribution in [2.75, 3.05) is 18.8 Å². The quantitative estimate of drug-likeness (QED) is 0.818. The van der Waals surface area contributed by atoms with Gasteiger partial charge in [0, 0.05) is 19.1 Å². The predicted molar refractivity (Wildman–Crippen MR) is 96.1 cm³/mol. The van der Waals surface area contributed by atoms with E-state index in [-0.39, 0.29) is 23.6 Å². The molecule has 1 heterocycles. The number of nitrogens with one attached hydrogen (secondary N) is 1. The van der Waals surface area contributed by atoms with E-state index in [1.807, 2.05) is 25.1 Å². The Kier molecular flexibility index (Phi) is 6.80. The summed E-state index contributed by atoms with van der Waals surface area (Å²) in [6.07, 6.45) is 3.30. The summed E-state index contributed by atoms with van der Waals surface area (Å²) in [4.78, 5) is 12.4. The largest absolute Gasteiger partial charge is 0.353 e. The summed E-state index contributed by atoms with van der Waals surface area (Å²) < 4.78 is 25.5. The molecule has 1 aromatic carbocycles. The van der Waals surface area contributed by atoms with Crippen molar-refractivity contribution in [2.24, 2.45) is 5.92 Å². The van der Waals surface area contributed by atoms with Crippen molar-refractivity contribution < 1.29 is 13.2 Å². The minimum absolute atomic E-state index is 0.0217. The second-order valence-corrected chi connectivity index (χ2v) is 8.79. The number of hydrogen-bond donors (Lipinski definition) is 1. The Hall–Kier alpha value is -1.40. The number of hydrogen-bond acceptors (Lipinski definition) is 3. The number of amides is 1. The molecule has 0 radical (unpaired) electrons. The van der Waals surface area contributed by atoms with Crippen molar-refractivity contribution in [3.8, 4) is 0 Å². The van der Waals surface area contributed by atoms with Gasteiger partial charge in [-0.05, 0) is 45.1 Å². The van der Waals surface area contributed by atoms with E-state index >= 15 is 0 Å². The maximum Gasteiger partial charge on any atom is 0.224 e. The van der Waals surface area contributed by atoms with Crippen LogP contribution in [0.4, 0.5) is 0 Å². The number of rotatable bonds is 7. The molecule has 1 N–H and O–H groups in total. The zero-order chi connectivity index (χ0) is 17.6. The molecule has 134 valence electrons. The van der Waals surface area contributed by atoms with Crippen LogP contribution in [0.5, 0.6) is 0 Å². The molecule has 0 bridgehead atoms. The van der Waals surface area contributed by atoms with Gasteiger partial charge in [-0.15, -0.1) is 0 Å². The van der Waals surface area contributed by atoms with Crippen LogP contribution in [0.25, 0.3) is 0 Å². The van der Waals surface area contributed by atoms with Crippen LogP contribution in [0.2, 0.25) is 0 Å². The van der Waals surface area contributed by atoms with Gasteiger partial charge in [0.05, 0.1) is 11.7 Å². The minimum Gasteiger partial charge on any atom is -0.353 e. The van der Waals surface area contributed by atoms with Crippen molar-refractivity contribution in [1.82, 2.24) is 9.62 Å². The average Bonchev–Trinajstić information content (AvgIpc) is 2.61. The molecule has 0 spiro atoms. The fourth-order valence-electron chi connectivity index (χ4n) is 3.05. The van der Waals surface area contributed by atoms with Gasteiger partial charge in [-0.3, -0.25) is 4.79 Å². The number of carbonyl (C=O) groups is 1. The summed E-state index contributed by atoms with van der Waals surface area (Å²) in [5.41, 5.74) is 1.26. The molecule has 0 saturated carbocycles. The molecule has 5 nitrogen and oxygen atoms in total. The number of benzene rings is 1. The van der Waals surface area contributed by atoms with Gasteiger partial charge >= 0.3 is 0 Å². The third-order valence-corrected chi connectivity index (χ3v) is 6.46. The Morgan fingerprint density at radius 3 is 2.71 bits per heavy atom. The van der Waals surface area contributed by atoms with Gasteiger partial charge in [0.1, 0.15) is 0 Å². The molecule has 1 aliphatic rings. The van der Waals surface area contributed by atoms with Gasteiger partial charge < -0.3 is 5.32 Å². The van der Waals surface area contributed by atoms with Gasteiger partial charge in [0.25, 0.3) is 0 Å². The Balaban J connectivity index is 1.82. The number of nitrogens with zero attached hydrogens (tertiary/aromatic N) is 1. The first-order valence-electron chi connectivity index (χ1n) is 8.74. The standard InChI is InChI=1S/C18H28N2O3S/c1-3-24(22,23)20-13-7-10-17(14-20)18(21)19-15(2)11-12-16-8-5-4-6-9-16/h4-6,8-9,15,17H,3,7,10-14H2,1-2H3,(H,19,21)/t15-,17-/m1/s1. The summed E-state index contributed by atoms with van der Waals surface area (Å²) in [6.45, 7) is 4.49. The first kappa shape index (κ1) is 18.9. The van der Waals surface area contributed by atoms with E-state index in [0.717, 1.165) is 25.7 Å². The maximum absolute atomic E-state index is 12.4. The average molecular weight is 353 g/mol. The van der Waals surface area contributed by atoms with Crippen LogP contribution in [0.3, 0.4) is 0 Å². The molecule has 24 heavy (non-hydrogen) atoms. The third kappa shape index (κ3) is 5.31. The van der Waals surface area contributed by atoms with Crippen LogP contribution >= 0.6 is 0 Å². The fourth-order valence-corrected chi connectivity index (χ4v) is 4.23. The molecular weight excluding hydrogens is 324 g/mol. The number of piperidine rings is 1. The van der Waals surface area contributed by atoms with Gasteiger partial charge in [0.15, 0.2) is 0 Å². The fraction of sp³-hybridized carbons (Fsp3) is 0.611. The van der Waals surface area contributed by atoms with Crippen LogP contribution in [0.1, 0.15) is 38.7 Å². The molecule has 2 rings (SSSR count). The molecule has 1 amide bonds. The highest BCUT2D eigenvalue weighted by Crippen LogP contribution is 2.20. The van der Waals surface area contributed by atoms with Crippen molar-refractivity contribution in [3.05, 3.63) is 35.9 Å². The number of carbonyl (C=O) groups excluding carboxylic acids is 1. The summed E-state index contributed by atoms with van der Waals surface area (Å²) in [5, 5.41) is 3.05. The summed E-state index contributed by atoms with van der Waals surface area (Å²) in [6, 6.07) is 10.3. The van der Waals surface area contributed by atoms with Crippen LogP contribution < -0.4 is 5.32 Å². The summed E-state index contributed by atoms with van der Waals surface area (Å²) in [7, 11) is -3.21. The Morgan fingerprint density at radius 1 is 1.33 bits per heavy atom. The lowest BCUT2D eigenvalue weighted by molar-refractivity contribution is -0.126. The highest BCUT2D eigenvalue weighted by Gasteiger charge is 2.31. The molecule has 1 saturated heterocycles. The topological polar surface area (TPSA) is 66.5 Å². The van der Waals surface area contributed by atoms with Crippen molar-refractivity contribution in [2.45, 2.75) is 45.6 Å². The smallest absolute Gasteiger partial charge is 0.224 e. The molecule has 0 aliphatic carbocycles. The van der Waals surface area contributed by atoms with Gasteiger partial charge in [-0.1, -0.05) is 30.3 Å². The molecule has 2 atom stereocenters. The predicted octanol–water partition coefficient (Wildman–Crippen LogP) is 2.19. The molecule has 6 heteroatoms. The van der Waals surface area contributed by atoms with Crippen molar-refractivity contribution in [1.29, 1.82) is 0 Å². The van der Waals surface area contributed by atoms with Crippen molar-refractivity contribution >= 4 is 15.9 Å². The van der Waals surface area contributed by atoms with E-state index in [4.69, 9.17) is 0 Å². The lowest BCUT2D eigenvalue weighted by atomic mass is 9.98. The summed E-state index contributed by atoms with van der Waals surface area (Å²) in [5.74, 6) is -0.166. The second kappa shape index (κ2) is 8.62. The van der Waals surface area contributed by atoms with Gasteiger partial charge in [0.2, 0.25) is 15.9 Å². The Bertz CT molecular complexity index is 631. The Labute approximate surface area is 145 Å². The monoisotopic (exact) mass is 352 g/mol. The van der Waals surface area contributed by atoms with E-state index < -0.39 is 10.0 Å². The maximum atomic E-state index is 12.4. The highest BCUT2D eigenvalue weighted by molar-refractivity contribution is 7.89. The SMILES string of the molecule is CCS(=O)(=O)N1CCC[C@@H](C(=O)N[C@H](C)CCc2ccccc2)C1. The normalized spacial score (nSPS) is 20.5. The van der Waals surface area contributed by atoms with Crippen LogP contribution in [-0.2, 0) is 21.2 Å². The molecule has 1 fully saturated rings. The molecule has 0 unspecified atom stereocenters. The van der Waals surface area contributed by atoms with Crippen LogP contribution in [-0.4, -0.2) is 43.5 Å². The first-order valence-corrected chi connectivity index (χ1v) is 10.4. The van der Waals surface area contributed by atoms with E-state index in [9.17, 15) is 13.2 Å². The minimum atomic E-state index is -3.21. The highest BCUT2D eigenvalue weighted by atomic mass is 32.2. The Morgan fingerprint density at radius 2 is 2.04 bits per heavy atom. The van der Waals surface area contributed by atoms with E-state index in [1.165, 1.54) is 9.87 Å². The molecule has 0 aromatic heterocycles. The van der Waals surface area contributed by atoms with E-state index in [2.05, 4.69) is 17.4 Å². The van der Waals surface area contributed by atoms with Crippen molar-refractivity contribution in [3.63, 3.8) is 0 Å². The summed E-state index contributed by atoms with van der Waals surface area (Å²) >= 11 is 0. The van der Waals surface area contributed by atoms with Crippen LogP contribution in [0, 0.1) is 5.92 Å². The van der Waals surface area contributed by atoms with Gasteiger partial charge in [-0.2, -0.15) is 0 Å². The molecule has 1 aromatic rings. The van der Waals surface area contributed by atoms with Crippen LogP contribution in [0.15, 0.2) is 30.3 Å². The van der Waals surface area contributed by atoms with E-state index in [0.29, 0.717) is 13.1 Å². The van der Waals surface area contributed by atoms with E-state index in [1.54, 1.807) is 6.92 Å². The molecule has 1 aliphatic heterocycles. The first-order chi connectivity index (χ1) is 11.4. The zero-order valence-electron chi connectivity index (χ0n) is 14.6. The zero-order valence-corrected chi connectivity index (χ0v) is 15.4. The lowest BCUT2D eigenvalue weighted by Gasteiger charge is -2.31. The molecular formula is C18H28N2O3S. The lowest BCUT2D eigenvalue weighted by Crippen LogP contribution is -2.47. The van der Waals surface area contributed by atoms with Gasteiger partial charge in [-0.25, -0.2) is 12.7 Å².